The molecule has 0 aromatic rings. The molecule has 0 radical (unpaired) electrons. The average Bonchev–Trinajstić information content (AvgIpc) is 2.59. The maximum absolute atomic E-state index is 6.09. The normalized spacial score (nSPS) is 33.5. The zero-order valence-corrected chi connectivity index (χ0v) is 12.2. The molecule has 104 valence electrons. The van der Waals surface area contributed by atoms with Crippen LogP contribution in [-0.2, 0) is 0 Å². The maximum atomic E-state index is 6.09. The molecule has 2 aliphatic rings. The van der Waals surface area contributed by atoms with Crippen LogP contribution in [-0.4, -0.2) is 79.6 Å². The van der Waals surface area contributed by atoms with Gasteiger partial charge in [-0.1, -0.05) is 0 Å². The van der Waals surface area contributed by atoms with Gasteiger partial charge in [0.2, 0.25) is 0 Å². The van der Waals surface area contributed by atoms with Gasteiger partial charge in [-0.2, -0.15) is 0 Å². The number of aliphatic imine (C=N–C) groups is 1. The number of piperidine rings is 1. The number of nitrogens with zero attached hydrogens (tertiary/aromatic N) is 4. The minimum Gasteiger partial charge on any atom is -0.370 e. The van der Waals surface area contributed by atoms with Gasteiger partial charge in [0.25, 0.3) is 0 Å². The van der Waals surface area contributed by atoms with Gasteiger partial charge in [0, 0.05) is 25.7 Å². The van der Waals surface area contributed by atoms with Crippen LogP contribution in [0.3, 0.4) is 0 Å². The molecule has 5 heteroatoms. The van der Waals surface area contributed by atoms with Crippen molar-refractivity contribution in [3.05, 3.63) is 0 Å². The van der Waals surface area contributed by atoms with Crippen LogP contribution < -0.4 is 5.73 Å². The summed E-state index contributed by atoms with van der Waals surface area (Å²) in [5, 5.41) is 0. The first kappa shape index (κ1) is 13.6. The molecule has 2 heterocycles. The van der Waals surface area contributed by atoms with Crippen LogP contribution in [0.15, 0.2) is 4.99 Å². The van der Waals surface area contributed by atoms with Gasteiger partial charge in [0.05, 0.1) is 12.1 Å². The predicted octanol–water partition coefficient (Wildman–Crippen LogP) is 0.0312. The monoisotopic (exact) mass is 253 g/mol. The first-order chi connectivity index (χ1) is 8.44. The van der Waals surface area contributed by atoms with E-state index in [-0.39, 0.29) is 5.54 Å². The highest BCUT2D eigenvalue weighted by Gasteiger charge is 2.45. The minimum atomic E-state index is 0.187. The molecular weight excluding hydrogens is 226 g/mol. The van der Waals surface area contributed by atoms with E-state index >= 15 is 0 Å². The molecule has 0 aromatic carbocycles. The lowest BCUT2D eigenvalue weighted by molar-refractivity contribution is 0.0603. The Balaban J connectivity index is 2.07. The molecule has 0 aromatic heterocycles. The van der Waals surface area contributed by atoms with Crippen LogP contribution in [0.4, 0.5) is 0 Å². The molecule has 1 fully saturated rings. The van der Waals surface area contributed by atoms with Crippen molar-refractivity contribution in [1.29, 1.82) is 0 Å². The summed E-state index contributed by atoms with van der Waals surface area (Å²) in [5.41, 5.74) is 6.28. The number of nitrogens with two attached hydrogens (primary N) is 1. The van der Waals surface area contributed by atoms with Gasteiger partial charge in [-0.3, -0.25) is 4.99 Å². The van der Waals surface area contributed by atoms with Crippen molar-refractivity contribution >= 4 is 5.96 Å². The third-order valence-corrected chi connectivity index (χ3v) is 4.51. The predicted molar refractivity (Wildman–Crippen MR) is 75.8 cm³/mol. The van der Waals surface area contributed by atoms with Crippen LogP contribution in [0.5, 0.6) is 0 Å². The first-order valence-corrected chi connectivity index (χ1v) is 6.87. The van der Waals surface area contributed by atoms with Crippen molar-refractivity contribution in [3.8, 4) is 0 Å². The molecule has 0 bridgehead atoms. The van der Waals surface area contributed by atoms with Gasteiger partial charge in [0.1, 0.15) is 0 Å². The van der Waals surface area contributed by atoms with E-state index < -0.39 is 0 Å². The highest BCUT2D eigenvalue weighted by Crippen LogP contribution is 2.35. The summed E-state index contributed by atoms with van der Waals surface area (Å²) in [5.74, 6) is 0.744. The van der Waals surface area contributed by atoms with Gasteiger partial charge in [-0.05, 0) is 40.9 Å². The Morgan fingerprint density at radius 1 is 1.50 bits per heavy atom. The van der Waals surface area contributed by atoms with Gasteiger partial charge in [0.15, 0.2) is 5.96 Å². The Bertz CT molecular complexity index is 327. The second kappa shape index (κ2) is 5.05. The van der Waals surface area contributed by atoms with E-state index in [0.717, 1.165) is 32.1 Å². The lowest BCUT2D eigenvalue weighted by Crippen LogP contribution is -2.59. The maximum Gasteiger partial charge on any atom is 0.191 e. The third-order valence-electron chi connectivity index (χ3n) is 4.51. The minimum absolute atomic E-state index is 0.187. The molecule has 18 heavy (non-hydrogen) atoms. The smallest absolute Gasteiger partial charge is 0.191 e. The standard InChI is InChI=1S/C13H27N5/c1-11-9-13(5-6-17(11)4)10-15-12(14)18(13)8-7-16(2)3/h11H,5-10H2,1-4H3,(H2,14,15). The van der Waals surface area contributed by atoms with Gasteiger partial charge in [-0.15, -0.1) is 0 Å². The molecule has 2 N–H and O–H groups in total. The first-order valence-electron chi connectivity index (χ1n) is 6.87. The van der Waals surface area contributed by atoms with Gasteiger partial charge < -0.3 is 20.4 Å². The van der Waals surface area contributed by atoms with Crippen LogP contribution in [0, 0.1) is 0 Å². The number of rotatable bonds is 3. The van der Waals surface area contributed by atoms with Gasteiger partial charge in [-0.25, -0.2) is 0 Å². The lowest BCUT2D eigenvalue weighted by atomic mass is 9.83. The van der Waals surface area contributed by atoms with E-state index in [0.29, 0.717) is 6.04 Å². The van der Waals surface area contributed by atoms with Crippen molar-refractivity contribution in [3.63, 3.8) is 0 Å². The van der Waals surface area contributed by atoms with Crippen LogP contribution in [0.1, 0.15) is 19.8 Å². The van der Waals surface area contributed by atoms with E-state index in [1.807, 2.05) is 0 Å². The van der Waals surface area contributed by atoms with Crippen LogP contribution in [0.2, 0.25) is 0 Å². The van der Waals surface area contributed by atoms with Crippen molar-refractivity contribution in [2.24, 2.45) is 10.7 Å². The molecule has 0 saturated carbocycles. The van der Waals surface area contributed by atoms with E-state index in [1.54, 1.807) is 0 Å². The Kier molecular flexibility index (Phi) is 3.82. The highest BCUT2D eigenvalue weighted by molar-refractivity contribution is 5.81. The fraction of sp³-hybridized carbons (Fsp3) is 0.923. The lowest BCUT2D eigenvalue weighted by Gasteiger charge is -2.47. The molecule has 2 unspecified atom stereocenters. The number of likely N-dealkylation sites (tertiary alicyclic amines) is 1. The molecule has 1 saturated heterocycles. The summed E-state index contributed by atoms with van der Waals surface area (Å²) in [4.78, 5) is 11.5. The number of hydrogen-bond donors (Lipinski definition) is 1. The van der Waals surface area contributed by atoms with E-state index in [1.165, 1.54) is 12.8 Å². The highest BCUT2D eigenvalue weighted by atomic mass is 15.4. The van der Waals surface area contributed by atoms with Crippen molar-refractivity contribution in [2.75, 3.05) is 47.3 Å². The zero-order valence-electron chi connectivity index (χ0n) is 12.2. The summed E-state index contributed by atoms with van der Waals surface area (Å²) < 4.78 is 0. The Morgan fingerprint density at radius 2 is 2.22 bits per heavy atom. The second-order valence-electron chi connectivity index (χ2n) is 6.14. The second-order valence-corrected chi connectivity index (χ2v) is 6.14. The molecule has 2 atom stereocenters. The summed E-state index contributed by atoms with van der Waals surface area (Å²) in [7, 11) is 6.42. The molecular formula is C13H27N5. The summed E-state index contributed by atoms with van der Waals surface area (Å²) >= 11 is 0. The summed E-state index contributed by atoms with van der Waals surface area (Å²) in [6, 6.07) is 0.613. The van der Waals surface area contributed by atoms with Crippen molar-refractivity contribution in [2.45, 2.75) is 31.3 Å². The molecule has 2 aliphatic heterocycles. The molecule has 2 rings (SSSR count). The topological polar surface area (TPSA) is 48.1 Å². The molecule has 0 amide bonds. The van der Waals surface area contributed by atoms with E-state index in [2.05, 4.69) is 47.8 Å². The third kappa shape index (κ3) is 2.47. The summed E-state index contributed by atoms with van der Waals surface area (Å²) in [6.07, 6.45) is 2.34. The van der Waals surface area contributed by atoms with Gasteiger partial charge >= 0.3 is 0 Å². The SMILES string of the molecule is CC1CC2(CCN1C)CN=C(N)N2CCN(C)C. The number of hydrogen-bond acceptors (Lipinski definition) is 5. The number of likely N-dealkylation sites (N-methyl/N-ethyl adjacent to an activating group) is 1. The fourth-order valence-corrected chi connectivity index (χ4v) is 3.09. The molecule has 0 aliphatic carbocycles. The Morgan fingerprint density at radius 3 is 2.83 bits per heavy atom. The average molecular weight is 253 g/mol. The van der Waals surface area contributed by atoms with E-state index in [4.69, 9.17) is 5.73 Å². The molecule has 5 nitrogen and oxygen atoms in total. The fourth-order valence-electron chi connectivity index (χ4n) is 3.09. The summed E-state index contributed by atoms with van der Waals surface area (Å²) in [6.45, 7) is 6.34. The Labute approximate surface area is 111 Å². The quantitative estimate of drug-likeness (QED) is 0.771. The van der Waals surface area contributed by atoms with E-state index in [9.17, 15) is 0 Å². The number of guanidine groups is 1. The van der Waals surface area contributed by atoms with Crippen molar-refractivity contribution < 1.29 is 0 Å². The van der Waals surface area contributed by atoms with Crippen LogP contribution >= 0.6 is 0 Å². The zero-order chi connectivity index (χ0) is 13.3. The Hall–Kier alpha value is -0.810. The molecule has 1 spiro atoms. The largest absolute Gasteiger partial charge is 0.370 e. The van der Waals surface area contributed by atoms with Crippen molar-refractivity contribution in [1.82, 2.24) is 14.7 Å². The van der Waals surface area contributed by atoms with Crippen LogP contribution in [0.25, 0.3) is 0 Å².